The first-order valence-electron chi connectivity index (χ1n) is 5.71. The number of amides is 1. The van der Waals surface area contributed by atoms with Crippen molar-refractivity contribution >= 4 is 17.7 Å². The summed E-state index contributed by atoms with van der Waals surface area (Å²) >= 11 is 0. The van der Waals surface area contributed by atoms with E-state index >= 15 is 0 Å². The minimum absolute atomic E-state index is 0.0550. The van der Waals surface area contributed by atoms with Gasteiger partial charge in [0.1, 0.15) is 11.3 Å². The average molecular weight is 224 g/mol. The summed E-state index contributed by atoms with van der Waals surface area (Å²) in [5, 5.41) is 2.71. The lowest BCUT2D eigenvalue weighted by atomic mass is 9.74. The van der Waals surface area contributed by atoms with Gasteiger partial charge in [-0.3, -0.25) is 14.6 Å². The van der Waals surface area contributed by atoms with Crippen LogP contribution in [0.2, 0.25) is 0 Å². The second-order valence-corrected chi connectivity index (χ2v) is 4.18. The van der Waals surface area contributed by atoms with E-state index in [1.54, 1.807) is 6.92 Å². The Kier molecular flexibility index (Phi) is 2.94. The van der Waals surface area contributed by atoms with Crippen LogP contribution in [-0.4, -0.2) is 30.9 Å². The molecule has 1 fully saturated rings. The van der Waals surface area contributed by atoms with Crippen molar-refractivity contribution in [3.05, 3.63) is 0 Å². The van der Waals surface area contributed by atoms with Crippen LogP contribution in [0, 0.1) is 5.41 Å². The molecule has 0 bridgehead atoms. The first-order valence-corrected chi connectivity index (χ1v) is 5.71. The van der Waals surface area contributed by atoms with Gasteiger partial charge in [-0.25, -0.2) is 0 Å². The minimum Gasteiger partial charge on any atom is -0.465 e. The van der Waals surface area contributed by atoms with Gasteiger partial charge in [-0.1, -0.05) is 0 Å². The molecule has 0 spiro atoms. The van der Waals surface area contributed by atoms with E-state index in [-0.39, 0.29) is 11.9 Å². The largest absolute Gasteiger partial charge is 0.465 e. The summed E-state index contributed by atoms with van der Waals surface area (Å²) in [6.45, 7) is 2.83. The monoisotopic (exact) mass is 224 g/mol. The van der Waals surface area contributed by atoms with Crippen LogP contribution in [0.15, 0.2) is 4.99 Å². The van der Waals surface area contributed by atoms with Gasteiger partial charge in [-0.2, -0.15) is 0 Å². The molecule has 2 heterocycles. The number of esters is 1. The van der Waals surface area contributed by atoms with Gasteiger partial charge in [0.25, 0.3) is 0 Å². The Morgan fingerprint density at radius 3 is 3.12 bits per heavy atom. The van der Waals surface area contributed by atoms with Crippen LogP contribution in [0.3, 0.4) is 0 Å². The zero-order valence-corrected chi connectivity index (χ0v) is 9.41. The molecule has 5 nitrogen and oxygen atoms in total. The summed E-state index contributed by atoms with van der Waals surface area (Å²) in [6.07, 6.45) is 2.50. The molecule has 88 valence electrons. The maximum Gasteiger partial charge on any atom is 0.319 e. The van der Waals surface area contributed by atoms with E-state index < -0.39 is 5.41 Å². The lowest BCUT2D eigenvalue weighted by Crippen LogP contribution is -2.55. The highest BCUT2D eigenvalue weighted by Gasteiger charge is 2.49. The third kappa shape index (κ3) is 1.70. The number of piperidine rings is 1. The van der Waals surface area contributed by atoms with Crippen LogP contribution < -0.4 is 5.32 Å². The molecule has 16 heavy (non-hydrogen) atoms. The molecule has 0 saturated carbocycles. The molecule has 1 N–H and O–H groups in total. The number of ether oxygens (including phenoxy) is 1. The molecule has 0 aliphatic carbocycles. The standard InChI is InChI=1S/C11H16N2O3/c1-2-16-10(15)11-5-3-7-12-9(11)13-8(14)4-6-11/h2-7H2,1H3,(H,12,13,14). The molecule has 0 aromatic rings. The first kappa shape index (κ1) is 11.1. The van der Waals surface area contributed by atoms with Gasteiger partial charge in [0, 0.05) is 13.0 Å². The number of aliphatic imine (C=N–C) groups is 1. The van der Waals surface area contributed by atoms with E-state index in [0.29, 0.717) is 31.8 Å². The zero-order chi connectivity index (χ0) is 11.6. The molecule has 1 atom stereocenters. The molecule has 0 aromatic heterocycles. The fourth-order valence-electron chi connectivity index (χ4n) is 2.34. The fourth-order valence-corrected chi connectivity index (χ4v) is 2.34. The van der Waals surface area contributed by atoms with Crippen molar-refractivity contribution in [3.63, 3.8) is 0 Å². The van der Waals surface area contributed by atoms with E-state index in [0.717, 1.165) is 12.8 Å². The van der Waals surface area contributed by atoms with Gasteiger partial charge in [0.15, 0.2) is 0 Å². The van der Waals surface area contributed by atoms with Crippen molar-refractivity contribution in [1.82, 2.24) is 5.32 Å². The van der Waals surface area contributed by atoms with Crippen molar-refractivity contribution < 1.29 is 14.3 Å². The van der Waals surface area contributed by atoms with E-state index in [1.165, 1.54) is 0 Å². The summed E-state index contributed by atoms with van der Waals surface area (Å²) in [5.74, 6) is 0.225. The third-order valence-electron chi connectivity index (χ3n) is 3.19. The number of carbonyl (C=O) groups is 2. The summed E-state index contributed by atoms with van der Waals surface area (Å²) in [4.78, 5) is 27.6. The van der Waals surface area contributed by atoms with Gasteiger partial charge in [-0.05, 0) is 26.2 Å². The minimum atomic E-state index is -0.678. The molecule has 0 aromatic carbocycles. The second kappa shape index (κ2) is 4.23. The average Bonchev–Trinajstić information content (AvgIpc) is 2.29. The molecular formula is C11H16N2O3. The smallest absolute Gasteiger partial charge is 0.319 e. The topological polar surface area (TPSA) is 67.8 Å². The molecule has 2 aliphatic heterocycles. The Labute approximate surface area is 94.3 Å². The Morgan fingerprint density at radius 1 is 1.56 bits per heavy atom. The summed E-state index contributed by atoms with van der Waals surface area (Å²) in [6, 6.07) is 0. The van der Waals surface area contributed by atoms with E-state index in [2.05, 4.69) is 10.3 Å². The number of nitrogens with zero attached hydrogens (tertiary/aromatic N) is 1. The lowest BCUT2D eigenvalue weighted by Gasteiger charge is -2.38. The van der Waals surface area contributed by atoms with E-state index in [1.807, 2.05) is 0 Å². The summed E-state index contributed by atoms with van der Waals surface area (Å²) in [7, 11) is 0. The Morgan fingerprint density at radius 2 is 2.38 bits per heavy atom. The molecular weight excluding hydrogens is 208 g/mol. The van der Waals surface area contributed by atoms with Crippen molar-refractivity contribution in [2.45, 2.75) is 32.6 Å². The third-order valence-corrected chi connectivity index (χ3v) is 3.19. The van der Waals surface area contributed by atoms with Crippen LogP contribution in [0.25, 0.3) is 0 Å². The van der Waals surface area contributed by atoms with Crippen molar-refractivity contribution in [2.75, 3.05) is 13.2 Å². The van der Waals surface area contributed by atoms with Crippen LogP contribution in [-0.2, 0) is 14.3 Å². The van der Waals surface area contributed by atoms with E-state index in [9.17, 15) is 9.59 Å². The summed E-state index contributed by atoms with van der Waals surface area (Å²) in [5.41, 5.74) is -0.678. The predicted molar refractivity (Wildman–Crippen MR) is 58.0 cm³/mol. The lowest BCUT2D eigenvalue weighted by molar-refractivity contribution is -0.153. The van der Waals surface area contributed by atoms with Gasteiger partial charge in [0.2, 0.25) is 5.91 Å². The Hall–Kier alpha value is -1.39. The number of carbonyl (C=O) groups excluding carboxylic acids is 2. The Balaban J connectivity index is 2.27. The van der Waals surface area contributed by atoms with Crippen LogP contribution in [0.1, 0.15) is 32.6 Å². The first-order chi connectivity index (χ1) is 7.69. The fraction of sp³-hybridized carbons (Fsp3) is 0.727. The van der Waals surface area contributed by atoms with Crippen molar-refractivity contribution in [2.24, 2.45) is 10.4 Å². The zero-order valence-electron chi connectivity index (χ0n) is 9.41. The molecule has 5 heteroatoms. The van der Waals surface area contributed by atoms with Gasteiger partial charge >= 0.3 is 5.97 Å². The van der Waals surface area contributed by atoms with Crippen molar-refractivity contribution in [3.8, 4) is 0 Å². The van der Waals surface area contributed by atoms with E-state index in [4.69, 9.17) is 4.74 Å². The maximum absolute atomic E-state index is 12.0. The number of fused-ring (bicyclic) bond motifs is 1. The van der Waals surface area contributed by atoms with Crippen LogP contribution >= 0.6 is 0 Å². The number of rotatable bonds is 2. The number of amidine groups is 1. The molecule has 1 unspecified atom stereocenters. The van der Waals surface area contributed by atoms with Gasteiger partial charge in [0.05, 0.1) is 6.61 Å². The Bertz CT molecular complexity index is 351. The van der Waals surface area contributed by atoms with Crippen LogP contribution in [0.4, 0.5) is 0 Å². The van der Waals surface area contributed by atoms with Crippen LogP contribution in [0.5, 0.6) is 0 Å². The predicted octanol–water partition coefficient (Wildman–Crippen LogP) is 0.638. The number of hydrogen-bond donors (Lipinski definition) is 1. The number of hydrogen-bond acceptors (Lipinski definition) is 4. The quantitative estimate of drug-likeness (QED) is 0.700. The summed E-state index contributed by atoms with van der Waals surface area (Å²) < 4.78 is 5.11. The second-order valence-electron chi connectivity index (χ2n) is 4.18. The van der Waals surface area contributed by atoms with Gasteiger partial charge < -0.3 is 10.1 Å². The normalized spacial score (nSPS) is 28.8. The maximum atomic E-state index is 12.0. The molecule has 2 rings (SSSR count). The van der Waals surface area contributed by atoms with Crippen molar-refractivity contribution in [1.29, 1.82) is 0 Å². The molecule has 1 saturated heterocycles. The van der Waals surface area contributed by atoms with Gasteiger partial charge in [-0.15, -0.1) is 0 Å². The number of nitrogens with one attached hydrogen (secondary N) is 1. The highest BCUT2D eigenvalue weighted by Crippen LogP contribution is 2.37. The highest BCUT2D eigenvalue weighted by molar-refractivity contribution is 6.13. The molecule has 2 aliphatic rings. The highest BCUT2D eigenvalue weighted by atomic mass is 16.5. The SMILES string of the molecule is CCOC(=O)C12CCCN=C1NC(=O)CC2. The molecule has 0 radical (unpaired) electrons. The molecule has 1 amide bonds.